The van der Waals surface area contributed by atoms with Crippen molar-refractivity contribution < 1.29 is 13.2 Å². The van der Waals surface area contributed by atoms with Crippen molar-refractivity contribution in [1.29, 1.82) is 0 Å². The normalized spacial score (nSPS) is 25.8. The van der Waals surface area contributed by atoms with E-state index in [-0.39, 0.29) is 12.1 Å². The summed E-state index contributed by atoms with van der Waals surface area (Å²) in [7, 11) is -3.59. The van der Waals surface area contributed by atoms with Gasteiger partial charge in [0.25, 0.3) is 0 Å². The summed E-state index contributed by atoms with van der Waals surface area (Å²) in [5.74, 6) is 0. The number of sulfonamides is 1. The number of piperidine rings is 1. The second-order valence-electron chi connectivity index (χ2n) is 6.63. The van der Waals surface area contributed by atoms with Crippen LogP contribution in [0.1, 0.15) is 13.3 Å². The predicted molar refractivity (Wildman–Crippen MR) is 95.9 cm³/mol. The quantitative estimate of drug-likeness (QED) is 0.833. The number of morpholine rings is 1. The minimum atomic E-state index is -3.59. The summed E-state index contributed by atoms with van der Waals surface area (Å²) in [6, 6.07) is 7.03. The summed E-state index contributed by atoms with van der Waals surface area (Å²) in [5, 5.41) is 1.57. The van der Waals surface area contributed by atoms with E-state index in [0.717, 1.165) is 36.8 Å². The number of fused-ring (bicyclic) bond motifs is 2. The summed E-state index contributed by atoms with van der Waals surface area (Å²) in [5.41, 5.74) is 0. The van der Waals surface area contributed by atoms with Crippen LogP contribution in [0.3, 0.4) is 0 Å². The summed E-state index contributed by atoms with van der Waals surface area (Å²) in [4.78, 5) is 6.76. The van der Waals surface area contributed by atoms with Gasteiger partial charge in [0.05, 0.1) is 23.6 Å². The molecular weight excluding hydrogens is 338 g/mol. The van der Waals surface area contributed by atoms with Gasteiger partial charge in [0.1, 0.15) is 0 Å². The van der Waals surface area contributed by atoms with Gasteiger partial charge < -0.3 is 9.64 Å². The molecule has 1 aromatic heterocycles. The van der Waals surface area contributed by atoms with Crippen LogP contribution in [0.5, 0.6) is 0 Å². The fraction of sp³-hybridized carbons (Fsp3) is 0.500. The van der Waals surface area contributed by atoms with Crippen molar-refractivity contribution in [2.75, 3.05) is 32.8 Å². The minimum Gasteiger partial charge on any atom is -0.375 e. The Balaban J connectivity index is 1.75. The largest absolute Gasteiger partial charge is 0.375 e. The fourth-order valence-electron chi connectivity index (χ4n) is 3.94. The molecule has 2 aromatic rings. The average Bonchev–Trinajstić information content (AvgIpc) is 2.66. The Bertz CT molecular complexity index is 866. The molecule has 0 N–H and O–H groups in total. The maximum absolute atomic E-state index is 13.5. The third-order valence-electron chi connectivity index (χ3n) is 5.29. The summed E-state index contributed by atoms with van der Waals surface area (Å²) >= 11 is 0. The summed E-state index contributed by atoms with van der Waals surface area (Å²) in [6.07, 6.45) is 4.21. The zero-order chi connectivity index (χ0) is 17.4. The van der Waals surface area contributed by atoms with Crippen molar-refractivity contribution in [2.45, 2.75) is 30.4 Å². The Kier molecular flexibility index (Phi) is 4.49. The Labute approximate surface area is 148 Å². The van der Waals surface area contributed by atoms with E-state index in [1.165, 1.54) is 0 Å². The molecule has 0 spiro atoms. The highest BCUT2D eigenvalue weighted by atomic mass is 32.2. The van der Waals surface area contributed by atoms with Crippen molar-refractivity contribution in [1.82, 2.24) is 14.2 Å². The molecule has 2 saturated heterocycles. The molecule has 0 radical (unpaired) electrons. The standard InChI is InChI=1S/C18H23N3O3S/c1-2-20-9-7-17-16(13-20)21(10-11-24-17)25(22,23)18-5-3-4-14-12-19-8-6-15(14)18/h3-6,8,12,16-17H,2,7,9-11,13H2,1H3/t16-,17+/m0/s1. The number of hydrogen-bond acceptors (Lipinski definition) is 5. The molecule has 0 saturated carbocycles. The lowest BCUT2D eigenvalue weighted by Crippen LogP contribution is -2.61. The predicted octanol–water partition coefficient (Wildman–Crippen LogP) is 1.72. The van der Waals surface area contributed by atoms with E-state index in [9.17, 15) is 8.42 Å². The van der Waals surface area contributed by atoms with Crippen LogP contribution in [-0.2, 0) is 14.8 Å². The van der Waals surface area contributed by atoms with Crippen LogP contribution >= 0.6 is 0 Å². The number of aromatic nitrogens is 1. The van der Waals surface area contributed by atoms with Crippen LogP contribution < -0.4 is 0 Å². The maximum Gasteiger partial charge on any atom is 0.244 e. The number of likely N-dealkylation sites (N-methyl/N-ethyl adjacent to an activating group) is 1. The SMILES string of the molecule is CCN1CC[C@H]2OCCN(S(=O)(=O)c3cccc4cnccc34)[C@H]2C1. The highest BCUT2D eigenvalue weighted by molar-refractivity contribution is 7.89. The van der Waals surface area contributed by atoms with Crippen LogP contribution in [-0.4, -0.2) is 67.5 Å². The molecule has 0 amide bonds. The van der Waals surface area contributed by atoms with Crippen LogP contribution in [0.15, 0.2) is 41.6 Å². The molecule has 1 aromatic carbocycles. The highest BCUT2D eigenvalue weighted by Gasteiger charge is 2.42. The molecule has 134 valence electrons. The topological polar surface area (TPSA) is 62.7 Å². The van der Waals surface area contributed by atoms with Gasteiger partial charge in [-0.25, -0.2) is 8.42 Å². The monoisotopic (exact) mass is 361 g/mol. The number of pyridine rings is 1. The zero-order valence-electron chi connectivity index (χ0n) is 14.3. The molecule has 0 unspecified atom stereocenters. The third-order valence-corrected chi connectivity index (χ3v) is 7.27. The van der Waals surface area contributed by atoms with E-state index in [4.69, 9.17) is 4.74 Å². The van der Waals surface area contributed by atoms with Crippen molar-refractivity contribution >= 4 is 20.8 Å². The lowest BCUT2D eigenvalue weighted by molar-refractivity contribution is -0.0749. The first-order chi connectivity index (χ1) is 12.1. The number of benzene rings is 1. The molecule has 7 heteroatoms. The first kappa shape index (κ1) is 16.9. The van der Waals surface area contributed by atoms with Crippen LogP contribution in [0.4, 0.5) is 0 Å². The molecule has 6 nitrogen and oxygen atoms in total. The first-order valence-corrected chi connectivity index (χ1v) is 10.2. The Morgan fingerprint density at radius 1 is 1.28 bits per heavy atom. The zero-order valence-corrected chi connectivity index (χ0v) is 15.2. The van der Waals surface area contributed by atoms with Gasteiger partial charge in [-0.05, 0) is 25.1 Å². The molecule has 0 bridgehead atoms. The molecule has 3 heterocycles. The second-order valence-corrected chi connectivity index (χ2v) is 8.49. The Morgan fingerprint density at radius 2 is 2.16 bits per heavy atom. The average molecular weight is 361 g/mol. The molecule has 0 aliphatic carbocycles. The fourth-order valence-corrected chi connectivity index (χ4v) is 5.78. The van der Waals surface area contributed by atoms with Crippen molar-refractivity contribution in [3.8, 4) is 0 Å². The smallest absolute Gasteiger partial charge is 0.244 e. The molecule has 2 atom stereocenters. The van der Waals surface area contributed by atoms with Crippen molar-refractivity contribution in [3.05, 3.63) is 36.7 Å². The molecule has 2 fully saturated rings. The van der Waals surface area contributed by atoms with Gasteiger partial charge >= 0.3 is 0 Å². The summed E-state index contributed by atoms with van der Waals surface area (Å²) in [6.45, 7) is 5.59. The number of nitrogens with zero attached hydrogens (tertiary/aromatic N) is 3. The first-order valence-electron chi connectivity index (χ1n) is 8.80. The second kappa shape index (κ2) is 6.64. The van der Waals surface area contributed by atoms with Gasteiger partial charge in [-0.15, -0.1) is 0 Å². The van der Waals surface area contributed by atoms with E-state index in [2.05, 4.69) is 16.8 Å². The number of rotatable bonds is 3. The Hall–Kier alpha value is -1.54. The van der Waals surface area contributed by atoms with Gasteiger partial charge in [0, 0.05) is 42.8 Å². The van der Waals surface area contributed by atoms with E-state index >= 15 is 0 Å². The van der Waals surface area contributed by atoms with E-state index in [0.29, 0.717) is 18.0 Å². The Morgan fingerprint density at radius 3 is 3.00 bits per heavy atom. The van der Waals surface area contributed by atoms with Crippen molar-refractivity contribution in [3.63, 3.8) is 0 Å². The molecule has 25 heavy (non-hydrogen) atoms. The van der Waals surface area contributed by atoms with Gasteiger partial charge in [0.15, 0.2) is 0 Å². The van der Waals surface area contributed by atoms with Gasteiger partial charge in [-0.2, -0.15) is 4.31 Å². The summed E-state index contributed by atoms with van der Waals surface area (Å²) < 4.78 is 34.5. The third kappa shape index (κ3) is 2.95. The lowest BCUT2D eigenvalue weighted by Gasteiger charge is -2.46. The highest BCUT2D eigenvalue weighted by Crippen LogP contribution is 2.31. The van der Waals surface area contributed by atoms with Crippen LogP contribution in [0, 0.1) is 0 Å². The molecule has 2 aliphatic heterocycles. The lowest BCUT2D eigenvalue weighted by atomic mass is 10.0. The molecular formula is C18H23N3O3S. The number of ether oxygens (including phenoxy) is 1. The molecule has 4 rings (SSSR count). The minimum absolute atomic E-state index is 0.0111. The van der Waals surface area contributed by atoms with E-state index in [1.54, 1.807) is 34.9 Å². The van der Waals surface area contributed by atoms with E-state index < -0.39 is 10.0 Å². The van der Waals surface area contributed by atoms with Gasteiger partial charge in [-0.1, -0.05) is 19.1 Å². The van der Waals surface area contributed by atoms with E-state index in [1.807, 2.05) is 6.07 Å². The van der Waals surface area contributed by atoms with Gasteiger partial charge in [-0.3, -0.25) is 4.98 Å². The van der Waals surface area contributed by atoms with Crippen LogP contribution in [0.2, 0.25) is 0 Å². The van der Waals surface area contributed by atoms with Crippen molar-refractivity contribution in [2.24, 2.45) is 0 Å². The number of likely N-dealkylation sites (tertiary alicyclic amines) is 1. The number of hydrogen-bond donors (Lipinski definition) is 0. The molecule has 2 aliphatic rings. The van der Waals surface area contributed by atoms with Crippen LogP contribution in [0.25, 0.3) is 10.8 Å². The van der Waals surface area contributed by atoms with Gasteiger partial charge in [0.2, 0.25) is 10.0 Å². The maximum atomic E-state index is 13.5.